The second-order valence-electron chi connectivity index (χ2n) is 3.47. The maximum Gasteiger partial charge on any atom is 0.319 e. The van der Waals surface area contributed by atoms with E-state index >= 15 is 0 Å². The van der Waals surface area contributed by atoms with Crippen LogP contribution in [0.3, 0.4) is 0 Å². The first-order valence-corrected chi connectivity index (χ1v) is 4.77. The van der Waals surface area contributed by atoms with Crippen LogP contribution in [0.2, 0.25) is 0 Å². The Labute approximate surface area is 77.4 Å². The number of esters is 1. The number of ether oxygens (including phenoxy) is 1. The summed E-state index contributed by atoms with van der Waals surface area (Å²) in [7, 11) is 0. The highest BCUT2D eigenvalue weighted by atomic mass is 32.1. The van der Waals surface area contributed by atoms with E-state index in [1.54, 1.807) is 0 Å². The standard InChI is InChI=1S/C9H12O2S/c1-5-3-2-4-6-7(5)8(12)9(10)11-6/h3,6-8,12H,2,4H2,1H3/t6-,7+,8+/m0/s1. The molecule has 0 bridgehead atoms. The van der Waals surface area contributed by atoms with Gasteiger partial charge in [0.1, 0.15) is 11.4 Å². The summed E-state index contributed by atoms with van der Waals surface area (Å²) in [4.78, 5) is 11.2. The zero-order valence-electron chi connectivity index (χ0n) is 6.99. The van der Waals surface area contributed by atoms with Crippen LogP contribution < -0.4 is 0 Å². The summed E-state index contributed by atoms with van der Waals surface area (Å²) in [5, 5.41) is -0.230. The Kier molecular flexibility index (Phi) is 1.91. The van der Waals surface area contributed by atoms with E-state index in [4.69, 9.17) is 4.74 Å². The van der Waals surface area contributed by atoms with Gasteiger partial charge in [-0.15, -0.1) is 0 Å². The van der Waals surface area contributed by atoms with E-state index in [0.717, 1.165) is 12.8 Å². The lowest BCUT2D eigenvalue weighted by molar-refractivity contribution is -0.141. The van der Waals surface area contributed by atoms with E-state index < -0.39 is 0 Å². The van der Waals surface area contributed by atoms with Crippen molar-refractivity contribution in [2.45, 2.75) is 31.1 Å². The van der Waals surface area contributed by atoms with Gasteiger partial charge in [0, 0.05) is 5.92 Å². The minimum Gasteiger partial charge on any atom is -0.461 e. The molecule has 2 rings (SSSR count). The third-order valence-corrected chi connectivity index (χ3v) is 3.23. The van der Waals surface area contributed by atoms with E-state index in [1.807, 2.05) is 0 Å². The maximum absolute atomic E-state index is 11.2. The van der Waals surface area contributed by atoms with Crippen LogP contribution >= 0.6 is 12.6 Å². The highest BCUT2D eigenvalue weighted by Gasteiger charge is 2.44. The lowest BCUT2D eigenvalue weighted by Crippen LogP contribution is -2.25. The second kappa shape index (κ2) is 2.80. The molecule has 0 unspecified atom stereocenters. The van der Waals surface area contributed by atoms with E-state index in [-0.39, 0.29) is 23.2 Å². The van der Waals surface area contributed by atoms with Crippen LogP contribution in [0.4, 0.5) is 0 Å². The SMILES string of the molecule is CC1=CCC[C@@H]2OC(=O)[C@H](S)[C@H]12. The molecule has 1 aliphatic heterocycles. The minimum absolute atomic E-state index is 0.102. The monoisotopic (exact) mass is 184 g/mol. The second-order valence-corrected chi connectivity index (χ2v) is 4.03. The number of thiol groups is 1. The van der Waals surface area contributed by atoms with Crippen molar-refractivity contribution in [2.24, 2.45) is 5.92 Å². The zero-order chi connectivity index (χ0) is 8.72. The van der Waals surface area contributed by atoms with Crippen molar-refractivity contribution in [1.29, 1.82) is 0 Å². The largest absolute Gasteiger partial charge is 0.461 e. The normalized spacial score (nSPS) is 40.3. The molecular formula is C9H12O2S. The van der Waals surface area contributed by atoms with Crippen molar-refractivity contribution in [1.82, 2.24) is 0 Å². The van der Waals surface area contributed by atoms with Gasteiger partial charge < -0.3 is 4.74 Å². The molecule has 0 saturated carbocycles. The Morgan fingerprint density at radius 1 is 1.67 bits per heavy atom. The van der Waals surface area contributed by atoms with Crippen molar-refractivity contribution < 1.29 is 9.53 Å². The Morgan fingerprint density at radius 2 is 2.42 bits per heavy atom. The number of allylic oxidation sites excluding steroid dienone is 1. The van der Waals surface area contributed by atoms with E-state index in [2.05, 4.69) is 25.6 Å². The van der Waals surface area contributed by atoms with Gasteiger partial charge in [0.2, 0.25) is 0 Å². The fraction of sp³-hybridized carbons (Fsp3) is 0.667. The number of rotatable bonds is 0. The van der Waals surface area contributed by atoms with Crippen LogP contribution in [0.25, 0.3) is 0 Å². The predicted molar refractivity (Wildman–Crippen MR) is 49.1 cm³/mol. The van der Waals surface area contributed by atoms with Crippen LogP contribution in [0.1, 0.15) is 19.8 Å². The van der Waals surface area contributed by atoms with Gasteiger partial charge in [-0.05, 0) is 19.8 Å². The van der Waals surface area contributed by atoms with E-state index in [9.17, 15) is 4.79 Å². The third-order valence-electron chi connectivity index (χ3n) is 2.69. The van der Waals surface area contributed by atoms with Crippen molar-refractivity contribution in [2.75, 3.05) is 0 Å². The number of hydrogen-bond acceptors (Lipinski definition) is 3. The molecule has 2 aliphatic rings. The van der Waals surface area contributed by atoms with Crippen LogP contribution in [0, 0.1) is 5.92 Å². The lowest BCUT2D eigenvalue weighted by Gasteiger charge is -2.23. The quantitative estimate of drug-likeness (QED) is 0.351. The number of hydrogen-bond donors (Lipinski definition) is 1. The highest BCUT2D eigenvalue weighted by Crippen LogP contribution is 2.37. The van der Waals surface area contributed by atoms with Gasteiger partial charge in [-0.25, -0.2) is 0 Å². The highest BCUT2D eigenvalue weighted by molar-refractivity contribution is 7.81. The fourth-order valence-electron chi connectivity index (χ4n) is 2.03. The topological polar surface area (TPSA) is 26.3 Å². The summed E-state index contributed by atoms with van der Waals surface area (Å²) in [6.45, 7) is 2.06. The zero-order valence-corrected chi connectivity index (χ0v) is 7.88. The van der Waals surface area contributed by atoms with Crippen molar-refractivity contribution in [3.05, 3.63) is 11.6 Å². The van der Waals surface area contributed by atoms with Crippen LogP contribution in [0.5, 0.6) is 0 Å². The van der Waals surface area contributed by atoms with Crippen LogP contribution in [-0.4, -0.2) is 17.3 Å². The van der Waals surface area contributed by atoms with E-state index in [1.165, 1.54) is 5.57 Å². The number of carbonyl (C=O) groups excluding carboxylic acids is 1. The van der Waals surface area contributed by atoms with Gasteiger partial charge >= 0.3 is 5.97 Å². The molecule has 1 aliphatic carbocycles. The first-order chi connectivity index (χ1) is 5.70. The lowest BCUT2D eigenvalue weighted by atomic mass is 9.85. The van der Waals surface area contributed by atoms with Gasteiger partial charge in [-0.1, -0.05) is 11.6 Å². The van der Waals surface area contributed by atoms with Crippen molar-refractivity contribution in [3.63, 3.8) is 0 Å². The molecule has 0 amide bonds. The summed E-state index contributed by atoms with van der Waals surface area (Å²) >= 11 is 4.25. The molecule has 12 heavy (non-hydrogen) atoms. The molecule has 0 aromatic carbocycles. The number of carbonyl (C=O) groups is 1. The van der Waals surface area contributed by atoms with Gasteiger partial charge in [0.25, 0.3) is 0 Å². The average Bonchev–Trinajstić information content (AvgIpc) is 2.29. The molecular weight excluding hydrogens is 172 g/mol. The maximum atomic E-state index is 11.2. The predicted octanol–water partition coefficient (Wildman–Crippen LogP) is 1.57. The Balaban J connectivity index is 2.28. The van der Waals surface area contributed by atoms with Crippen LogP contribution in [0.15, 0.2) is 11.6 Å². The van der Waals surface area contributed by atoms with Crippen molar-refractivity contribution >= 4 is 18.6 Å². The Hall–Kier alpha value is -0.440. The molecule has 3 atom stereocenters. The van der Waals surface area contributed by atoms with Crippen molar-refractivity contribution in [3.8, 4) is 0 Å². The molecule has 0 aromatic rings. The molecule has 0 aromatic heterocycles. The first-order valence-electron chi connectivity index (χ1n) is 4.25. The fourth-order valence-corrected chi connectivity index (χ4v) is 2.52. The molecule has 0 radical (unpaired) electrons. The first kappa shape index (κ1) is 8.17. The summed E-state index contributed by atoms with van der Waals surface area (Å²) in [5.41, 5.74) is 1.26. The molecule has 2 nitrogen and oxygen atoms in total. The number of fused-ring (bicyclic) bond motifs is 1. The minimum atomic E-state index is -0.230. The summed E-state index contributed by atoms with van der Waals surface area (Å²) in [6.07, 6.45) is 4.28. The van der Waals surface area contributed by atoms with E-state index in [0.29, 0.717) is 0 Å². The molecule has 1 heterocycles. The van der Waals surface area contributed by atoms with Gasteiger partial charge in [0.15, 0.2) is 0 Å². The van der Waals surface area contributed by atoms with Gasteiger partial charge in [0.05, 0.1) is 0 Å². The molecule has 66 valence electrons. The summed E-state index contributed by atoms with van der Waals surface area (Å²) < 4.78 is 5.19. The van der Waals surface area contributed by atoms with Crippen LogP contribution in [-0.2, 0) is 9.53 Å². The molecule has 0 N–H and O–H groups in total. The third kappa shape index (κ3) is 1.07. The molecule has 0 spiro atoms. The summed E-state index contributed by atoms with van der Waals surface area (Å²) in [6, 6.07) is 0. The smallest absolute Gasteiger partial charge is 0.319 e. The van der Waals surface area contributed by atoms with Gasteiger partial charge in [-0.2, -0.15) is 12.6 Å². The molecule has 1 saturated heterocycles. The molecule has 3 heteroatoms. The summed E-state index contributed by atoms with van der Waals surface area (Å²) in [5.74, 6) is 0.0811. The molecule has 1 fully saturated rings. The Bertz CT molecular complexity index is 247. The Morgan fingerprint density at radius 3 is 3.08 bits per heavy atom. The van der Waals surface area contributed by atoms with Gasteiger partial charge in [-0.3, -0.25) is 4.79 Å². The average molecular weight is 184 g/mol.